The van der Waals surface area contributed by atoms with E-state index in [1.807, 2.05) is 11.3 Å². The van der Waals surface area contributed by atoms with Crippen LogP contribution in [0, 0.1) is 0 Å². The summed E-state index contributed by atoms with van der Waals surface area (Å²) in [5, 5.41) is 11.4. The number of hydrogen-bond donors (Lipinski definition) is 0. The summed E-state index contributed by atoms with van der Waals surface area (Å²) >= 11 is 1.87. The topological polar surface area (TPSA) is 19.7 Å². The number of hydrogen-bond acceptors (Lipinski definition) is 1. The van der Waals surface area contributed by atoms with Gasteiger partial charge in [0.15, 0.2) is 0 Å². The van der Waals surface area contributed by atoms with Crippen molar-refractivity contribution in [2.24, 2.45) is 0 Å². The Hall–Kier alpha value is -7.86. The quantitative estimate of drug-likeness (QED) is 0.169. The minimum atomic E-state index is 1.15. The Morgan fingerprint density at radius 2 is 0.607 bits per heavy atom. The van der Waals surface area contributed by atoms with Crippen LogP contribution < -0.4 is 0 Å². The number of nitrogens with zero attached hydrogens (tertiary/aromatic N) is 4. The molecule has 0 N–H and O–H groups in total. The molecule has 4 nitrogen and oxygen atoms in total. The number of aromatic nitrogens is 4. The van der Waals surface area contributed by atoms with Crippen LogP contribution in [0.3, 0.4) is 0 Å². The predicted octanol–water partition coefficient (Wildman–Crippen LogP) is 15.3. The van der Waals surface area contributed by atoms with Crippen LogP contribution in [0.5, 0.6) is 0 Å². The zero-order chi connectivity index (χ0) is 39.8. The van der Waals surface area contributed by atoms with Crippen LogP contribution in [0.15, 0.2) is 206 Å². The van der Waals surface area contributed by atoms with Crippen molar-refractivity contribution in [1.29, 1.82) is 0 Å². The summed E-state index contributed by atoms with van der Waals surface area (Å²) in [4.78, 5) is 0. The Bertz CT molecular complexity index is 4060. The third-order valence-corrected chi connectivity index (χ3v) is 14.1. The normalized spacial score (nSPS) is 12.3. The summed E-state index contributed by atoms with van der Waals surface area (Å²) in [6.07, 6.45) is 0. The maximum absolute atomic E-state index is 2.48. The van der Waals surface area contributed by atoms with Gasteiger partial charge < -0.3 is 9.13 Å². The molecule has 0 bridgehead atoms. The van der Waals surface area contributed by atoms with Crippen LogP contribution in [0.2, 0.25) is 0 Å². The summed E-state index contributed by atoms with van der Waals surface area (Å²) in [6.45, 7) is 0. The SMILES string of the molecule is c1ccc(-n2c3ccccc3c3c4ccccc4n(-c4ccc5sc6ccc(-n7c8ccccc8c8cc(-n9c%10ccccc%10c%10ccccc%109)ccc87)cc6c5c4)c32)cc1. The molecule has 5 heterocycles. The van der Waals surface area contributed by atoms with Gasteiger partial charge in [0.25, 0.3) is 0 Å². The number of fused-ring (bicyclic) bond motifs is 14. The Labute approximate surface area is 353 Å². The van der Waals surface area contributed by atoms with E-state index >= 15 is 0 Å². The molecule has 0 atom stereocenters. The van der Waals surface area contributed by atoms with Crippen molar-refractivity contribution in [3.05, 3.63) is 206 Å². The monoisotopic (exact) mass is 794 g/mol. The Kier molecular flexibility index (Phi) is 6.68. The predicted molar refractivity (Wildman–Crippen MR) is 259 cm³/mol. The van der Waals surface area contributed by atoms with Crippen LogP contribution in [0.1, 0.15) is 0 Å². The second-order valence-corrected chi connectivity index (χ2v) is 17.2. The zero-order valence-corrected chi connectivity index (χ0v) is 33.6. The van der Waals surface area contributed by atoms with Gasteiger partial charge in [0, 0.05) is 80.6 Å². The van der Waals surface area contributed by atoms with Crippen LogP contribution in [0.4, 0.5) is 0 Å². The molecule has 0 unspecified atom stereocenters. The molecule has 9 aromatic carbocycles. The molecule has 284 valence electrons. The summed E-state index contributed by atoms with van der Waals surface area (Å²) in [6, 6.07) is 75.9. The lowest BCUT2D eigenvalue weighted by Gasteiger charge is -2.13. The van der Waals surface area contributed by atoms with Gasteiger partial charge in [-0.1, -0.05) is 109 Å². The molecule has 0 fully saturated rings. The first kappa shape index (κ1) is 33.0. The van der Waals surface area contributed by atoms with Crippen molar-refractivity contribution in [2.45, 2.75) is 0 Å². The summed E-state index contributed by atoms with van der Waals surface area (Å²) < 4.78 is 12.4. The van der Waals surface area contributed by atoms with Crippen LogP contribution in [-0.2, 0) is 0 Å². The van der Waals surface area contributed by atoms with Crippen molar-refractivity contribution in [3.63, 3.8) is 0 Å². The molecule has 0 aliphatic heterocycles. The van der Waals surface area contributed by atoms with E-state index in [9.17, 15) is 0 Å². The van der Waals surface area contributed by atoms with E-state index in [1.54, 1.807) is 0 Å². The molecule has 61 heavy (non-hydrogen) atoms. The first-order valence-electron chi connectivity index (χ1n) is 20.9. The van der Waals surface area contributed by atoms with Crippen molar-refractivity contribution >= 4 is 108 Å². The molecule has 5 heteroatoms. The lowest BCUT2D eigenvalue weighted by Crippen LogP contribution is -2.01. The molecular formula is C56H34N4S. The standard InChI is InChI=1S/C56H34N4S/c1-2-14-35(15-3-1)59-50-24-12-7-19-42(50)55-43-20-8-13-25-51(43)60(56(55)59)38-28-31-54-46(34-38)45-33-37(27-30-53(45)61-54)58-49-23-11-6-18-41(49)44-32-36(26-29-52(44)58)57-47-21-9-4-16-39(47)40-17-5-10-22-48(40)57/h1-34H. The maximum atomic E-state index is 2.48. The van der Waals surface area contributed by atoms with E-state index in [0.29, 0.717) is 0 Å². The second kappa shape index (κ2) is 12.3. The smallest absolute Gasteiger partial charge is 0.131 e. The van der Waals surface area contributed by atoms with Gasteiger partial charge in [-0.3, -0.25) is 9.13 Å². The number of rotatable bonds is 4. The Morgan fingerprint density at radius 1 is 0.246 bits per heavy atom. The Morgan fingerprint density at radius 3 is 1.13 bits per heavy atom. The summed E-state index contributed by atoms with van der Waals surface area (Å²) in [7, 11) is 0. The highest BCUT2D eigenvalue weighted by atomic mass is 32.1. The third-order valence-electron chi connectivity index (χ3n) is 12.9. The maximum Gasteiger partial charge on any atom is 0.131 e. The fourth-order valence-corrected chi connectivity index (χ4v) is 11.5. The van der Waals surface area contributed by atoms with Crippen LogP contribution >= 0.6 is 11.3 Å². The molecule has 0 aliphatic carbocycles. The molecule has 0 saturated heterocycles. The molecular weight excluding hydrogens is 761 g/mol. The highest BCUT2D eigenvalue weighted by Crippen LogP contribution is 2.44. The molecule has 14 aromatic rings. The van der Waals surface area contributed by atoms with Crippen molar-refractivity contribution in [1.82, 2.24) is 18.3 Å². The molecule has 0 radical (unpaired) electrons. The summed E-state index contributed by atoms with van der Waals surface area (Å²) in [5.41, 5.74) is 13.0. The lowest BCUT2D eigenvalue weighted by atomic mass is 10.1. The number of benzene rings is 9. The molecule has 0 spiro atoms. The summed E-state index contributed by atoms with van der Waals surface area (Å²) in [5.74, 6) is 0. The fourth-order valence-electron chi connectivity index (χ4n) is 10.4. The van der Waals surface area contributed by atoms with Crippen molar-refractivity contribution in [3.8, 4) is 22.7 Å². The zero-order valence-electron chi connectivity index (χ0n) is 32.8. The average Bonchev–Trinajstić information content (AvgIpc) is 4.11. The van der Waals surface area contributed by atoms with Gasteiger partial charge >= 0.3 is 0 Å². The van der Waals surface area contributed by atoms with Gasteiger partial charge in [-0.25, -0.2) is 0 Å². The highest BCUT2D eigenvalue weighted by Gasteiger charge is 2.23. The van der Waals surface area contributed by atoms with Crippen molar-refractivity contribution < 1.29 is 0 Å². The second-order valence-electron chi connectivity index (χ2n) is 16.1. The van der Waals surface area contributed by atoms with E-state index < -0.39 is 0 Å². The van der Waals surface area contributed by atoms with Gasteiger partial charge in [0.1, 0.15) is 5.65 Å². The van der Waals surface area contributed by atoms with Crippen LogP contribution in [-0.4, -0.2) is 18.3 Å². The van der Waals surface area contributed by atoms with E-state index in [0.717, 1.165) is 22.7 Å². The van der Waals surface area contributed by atoms with Crippen molar-refractivity contribution in [2.75, 3.05) is 0 Å². The first-order valence-corrected chi connectivity index (χ1v) is 21.7. The third kappa shape index (κ3) is 4.53. The molecule has 0 saturated carbocycles. The number of para-hydroxylation sites is 6. The molecule has 14 rings (SSSR count). The van der Waals surface area contributed by atoms with Gasteiger partial charge in [-0.05, 0) is 97.1 Å². The molecule has 0 amide bonds. The van der Waals surface area contributed by atoms with Gasteiger partial charge in [0.2, 0.25) is 0 Å². The largest absolute Gasteiger partial charge is 0.309 e. The fraction of sp³-hybridized carbons (Fsp3) is 0. The van der Waals surface area contributed by atoms with Gasteiger partial charge in [0.05, 0.1) is 33.1 Å². The highest BCUT2D eigenvalue weighted by molar-refractivity contribution is 7.25. The molecule has 0 aliphatic rings. The van der Waals surface area contributed by atoms with E-state index in [4.69, 9.17) is 0 Å². The minimum Gasteiger partial charge on any atom is -0.309 e. The first-order chi connectivity index (χ1) is 30.3. The lowest BCUT2D eigenvalue weighted by molar-refractivity contribution is 1.07. The van der Waals surface area contributed by atoms with Gasteiger partial charge in [-0.15, -0.1) is 11.3 Å². The number of thiophene rings is 1. The van der Waals surface area contributed by atoms with E-state index in [1.165, 1.54) is 96.6 Å². The van der Waals surface area contributed by atoms with Crippen LogP contribution in [0.25, 0.3) is 119 Å². The average molecular weight is 795 g/mol. The van der Waals surface area contributed by atoms with Gasteiger partial charge in [-0.2, -0.15) is 0 Å². The Balaban J connectivity index is 0.990. The van der Waals surface area contributed by atoms with E-state index in [-0.39, 0.29) is 0 Å². The van der Waals surface area contributed by atoms with E-state index in [2.05, 4.69) is 225 Å². The molecule has 5 aromatic heterocycles. The minimum absolute atomic E-state index is 1.15.